The second-order valence-corrected chi connectivity index (χ2v) is 3.85. The third-order valence-electron chi connectivity index (χ3n) is 2.98. The Labute approximate surface area is 93.0 Å². The highest BCUT2D eigenvalue weighted by Crippen LogP contribution is 2.39. The molecule has 0 aromatic heterocycles. The van der Waals surface area contributed by atoms with Crippen LogP contribution in [0.3, 0.4) is 0 Å². The van der Waals surface area contributed by atoms with Gasteiger partial charge in [0.15, 0.2) is 6.04 Å². The molecule has 2 aromatic rings. The Morgan fingerprint density at radius 1 is 1.25 bits per heavy atom. The number of benzene rings is 2. The number of nitrogens with one attached hydrogen (secondary N) is 1. The molecular formula is C13H11NO2. The zero-order valence-electron chi connectivity index (χ0n) is 8.86. The van der Waals surface area contributed by atoms with Crippen LogP contribution in [0, 0.1) is 0 Å². The van der Waals surface area contributed by atoms with E-state index in [0.29, 0.717) is 0 Å². The molecule has 0 saturated heterocycles. The molecule has 3 nitrogen and oxygen atoms in total. The Hall–Kier alpha value is -2.03. The van der Waals surface area contributed by atoms with E-state index < -0.39 is 0 Å². The zero-order chi connectivity index (χ0) is 11.1. The van der Waals surface area contributed by atoms with Crippen molar-refractivity contribution in [3.63, 3.8) is 0 Å². The first kappa shape index (κ1) is 9.21. The first-order chi connectivity index (χ1) is 7.81. The lowest BCUT2D eigenvalue weighted by molar-refractivity contribution is -0.141. The van der Waals surface area contributed by atoms with E-state index in [4.69, 9.17) is 4.74 Å². The average molecular weight is 213 g/mol. The van der Waals surface area contributed by atoms with Gasteiger partial charge in [-0.2, -0.15) is 0 Å². The standard InChI is InChI=1S/C13H11NO2/c1-16-13(15)12-9-6-2-4-8-5-3-7-10(14-12)11(8)9/h2-7,12,14H,1H3. The molecule has 3 heteroatoms. The summed E-state index contributed by atoms with van der Waals surface area (Å²) < 4.78 is 4.80. The number of hydrogen-bond donors (Lipinski definition) is 1. The summed E-state index contributed by atoms with van der Waals surface area (Å²) >= 11 is 0. The van der Waals surface area contributed by atoms with E-state index in [1.165, 1.54) is 7.11 Å². The SMILES string of the molecule is COC(=O)C1Nc2cccc3cccc1c23. The van der Waals surface area contributed by atoms with Gasteiger partial charge in [0.25, 0.3) is 0 Å². The summed E-state index contributed by atoms with van der Waals surface area (Å²) in [6.07, 6.45) is 0. The third kappa shape index (κ3) is 1.11. The summed E-state index contributed by atoms with van der Waals surface area (Å²) in [4.78, 5) is 11.6. The van der Waals surface area contributed by atoms with Crippen LogP contribution in [-0.2, 0) is 9.53 Å². The van der Waals surface area contributed by atoms with Crippen LogP contribution in [0.5, 0.6) is 0 Å². The molecule has 0 aliphatic carbocycles. The van der Waals surface area contributed by atoms with Gasteiger partial charge >= 0.3 is 5.97 Å². The fourth-order valence-corrected chi connectivity index (χ4v) is 2.27. The van der Waals surface area contributed by atoms with Crippen molar-refractivity contribution in [3.05, 3.63) is 42.0 Å². The molecule has 1 unspecified atom stereocenters. The molecular weight excluding hydrogens is 202 g/mol. The van der Waals surface area contributed by atoms with Crippen molar-refractivity contribution >= 4 is 22.4 Å². The summed E-state index contributed by atoms with van der Waals surface area (Å²) in [5.74, 6) is -0.247. The fraction of sp³-hybridized carbons (Fsp3) is 0.154. The minimum atomic E-state index is -0.369. The molecule has 0 saturated carbocycles. The highest BCUT2D eigenvalue weighted by atomic mass is 16.5. The van der Waals surface area contributed by atoms with Gasteiger partial charge in [0.05, 0.1) is 7.11 Å². The zero-order valence-corrected chi connectivity index (χ0v) is 8.86. The lowest BCUT2D eigenvalue weighted by Gasteiger charge is -2.09. The van der Waals surface area contributed by atoms with Gasteiger partial charge in [-0.3, -0.25) is 0 Å². The van der Waals surface area contributed by atoms with Crippen molar-refractivity contribution in [3.8, 4) is 0 Å². The summed E-state index contributed by atoms with van der Waals surface area (Å²) in [5.41, 5.74) is 2.00. The van der Waals surface area contributed by atoms with Gasteiger partial charge in [-0.1, -0.05) is 30.3 Å². The van der Waals surface area contributed by atoms with E-state index in [-0.39, 0.29) is 12.0 Å². The molecule has 1 aliphatic rings. The number of carbonyl (C=O) groups is 1. The van der Waals surface area contributed by atoms with Gasteiger partial charge in [0, 0.05) is 11.1 Å². The largest absolute Gasteiger partial charge is 0.467 e. The molecule has 80 valence electrons. The van der Waals surface area contributed by atoms with E-state index in [1.807, 2.05) is 36.4 Å². The molecule has 3 rings (SSSR count). The molecule has 1 aliphatic heterocycles. The first-order valence-electron chi connectivity index (χ1n) is 5.17. The summed E-state index contributed by atoms with van der Waals surface area (Å²) in [6.45, 7) is 0. The van der Waals surface area contributed by atoms with Crippen molar-refractivity contribution in [1.82, 2.24) is 0 Å². The quantitative estimate of drug-likeness (QED) is 0.739. The van der Waals surface area contributed by atoms with Gasteiger partial charge < -0.3 is 10.1 Å². The highest BCUT2D eigenvalue weighted by Gasteiger charge is 2.29. The van der Waals surface area contributed by atoms with Crippen LogP contribution in [0.25, 0.3) is 10.8 Å². The molecule has 0 spiro atoms. The predicted octanol–water partition coefficient (Wildman–Crippen LogP) is 2.48. The van der Waals surface area contributed by atoms with Gasteiger partial charge in [0.1, 0.15) is 0 Å². The van der Waals surface area contributed by atoms with Crippen LogP contribution < -0.4 is 5.32 Å². The number of carbonyl (C=O) groups excluding carboxylic acids is 1. The highest BCUT2D eigenvalue weighted by molar-refractivity contribution is 6.04. The van der Waals surface area contributed by atoms with E-state index in [0.717, 1.165) is 22.0 Å². The number of anilines is 1. The van der Waals surface area contributed by atoms with Crippen LogP contribution in [0.4, 0.5) is 5.69 Å². The number of hydrogen-bond acceptors (Lipinski definition) is 3. The van der Waals surface area contributed by atoms with Gasteiger partial charge in [0.2, 0.25) is 0 Å². The first-order valence-corrected chi connectivity index (χ1v) is 5.17. The van der Waals surface area contributed by atoms with Crippen molar-refractivity contribution in [2.75, 3.05) is 12.4 Å². The Balaban J connectivity index is 2.25. The third-order valence-corrected chi connectivity index (χ3v) is 2.98. The number of ether oxygens (including phenoxy) is 1. The number of methoxy groups -OCH3 is 1. The molecule has 1 heterocycles. The molecule has 0 bridgehead atoms. The van der Waals surface area contributed by atoms with Crippen LogP contribution in [0.1, 0.15) is 11.6 Å². The average Bonchev–Trinajstić information content (AvgIpc) is 2.70. The second-order valence-electron chi connectivity index (χ2n) is 3.85. The monoisotopic (exact) mass is 213 g/mol. The Bertz CT molecular complexity index is 572. The van der Waals surface area contributed by atoms with Crippen molar-refractivity contribution in [1.29, 1.82) is 0 Å². The lowest BCUT2D eigenvalue weighted by Crippen LogP contribution is -2.18. The van der Waals surface area contributed by atoms with Crippen LogP contribution in [-0.4, -0.2) is 13.1 Å². The van der Waals surface area contributed by atoms with Crippen molar-refractivity contribution in [2.45, 2.75) is 6.04 Å². The van der Waals surface area contributed by atoms with Gasteiger partial charge in [-0.25, -0.2) is 4.79 Å². The Morgan fingerprint density at radius 2 is 2.00 bits per heavy atom. The summed E-state index contributed by atoms with van der Waals surface area (Å²) in [5, 5.41) is 5.46. The lowest BCUT2D eigenvalue weighted by atomic mass is 10.0. The maximum atomic E-state index is 11.6. The number of rotatable bonds is 1. The van der Waals surface area contributed by atoms with E-state index in [1.54, 1.807) is 0 Å². The molecule has 2 aromatic carbocycles. The van der Waals surface area contributed by atoms with E-state index in [2.05, 4.69) is 5.32 Å². The fourth-order valence-electron chi connectivity index (χ4n) is 2.27. The smallest absolute Gasteiger partial charge is 0.333 e. The van der Waals surface area contributed by atoms with Crippen molar-refractivity contribution in [2.24, 2.45) is 0 Å². The van der Waals surface area contributed by atoms with Gasteiger partial charge in [-0.15, -0.1) is 0 Å². The molecule has 1 N–H and O–H groups in total. The molecule has 0 radical (unpaired) electrons. The Kier molecular flexibility index (Phi) is 1.86. The molecule has 16 heavy (non-hydrogen) atoms. The minimum Gasteiger partial charge on any atom is -0.467 e. The topological polar surface area (TPSA) is 38.3 Å². The maximum absolute atomic E-state index is 11.6. The van der Waals surface area contributed by atoms with Gasteiger partial charge in [-0.05, 0) is 17.0 Å². The molecule has 0 fully saturated rings. The Morgan fingerprint density at radius 3 is 2.75 bits per heavy atom. The molecule has 1 atom stereocenters. The second kappa shape index (κ2) is 3.23. The molecule has 0 amide bonds. The van der Waals surface area contributed by atoms with Crippen LogP contribution >= 0.6 is 0 Å². The normalized spacial score (nSPS) is 17.2. The maximum Gasteiger partial charge on any atom is 0.333 e. The number of esters is 1. The van der Waals surface area contributed by atoms with Crippen LogP contribution in [0.2, 0.25) is 0 Å². The van der Waals surface area contributed by atoms with Crippen LogP contribution in [0.15, 0.2) is 36.4 Å². The summed E-state index contributed by atoms with van der Waals surface area (Å²) in [6, 6.07) is 11.6. The van der Waals surface area contributed by atoms with E-state index >= 15 is 0 Å². The summed E-state index contributed by atoms with van der Waals surface area (Å²) in [7, 11) is 1.41. The predicted molar refractivity (Wildman–Crippen MR) is 62.3 cm³/mol. The minimum absolute atomic E-state index is 0.247. The van der Waals surface area contributed by atoms with E-state index in [9.17, 15) is 4.79 Å². The van der Waals surface area contributed by atoms with Crippen molar-refractivity contribution < 1.29 is 9.53 Å².